The second kappa shape index (κ2) is 10.3. The fourth-order valence-electron chi connectivity index (χ4n) is 3.79. The normalized spacial score (nSPS) is 13.8. The predicted octanol–water partition coefficient (Wildman–Crippen LogP) is 3.25. The second-order valence-corrected chi connectivity index (χ2v) is 8.98. The molecule has 190 valence electrons. The molecule has 0 spiro atoms. The van der Waals surface area contributed by atoms with E-state index in [4.69, 9.17) is 4.74 Å². The number of methoxy groups -OCH3 is 1. The molecule has 12 heteroatoms. The highest BCUT2D eigenvalue weighted by Crippen LogP contribution is 2.48. The molecule has 3 aromatic rings. The van der Waals surface area contributed by atoms with Crippen molar-refractivity contribution in [3.8, 4) is 5.75 Å². The number of likely N-dealkylation sites (N-methyl/N-ethyl adjacent to an activating group) is 2. The largest absolute Gasteiger partial charge is 0.494 e. The van der Waals surface area contributed by atoms with Gasteiger partial charge in [-0.05, 0) is 33.0 Å². The van der Waals surface area contributed by atoms with Crippen LogP contribution in [0.4, 0.5) is 34.6 Å². The SMILES string of the molecule is COc1cc(N(C)CCN(C)C)c([N+](=O)[O-])cc1Nc1ncnc(Nc2ccccc2C2(O)CC2)n1. The first-order valence-corrected chi connectivity index (χ1v) is 11.5. The molecule has 0 aliphatic heterocycles. The zero-order chi connectivity index (χ0) is 25.9. The Hall–Kier alpha value is -4.03. The lowest BCUT2D eigenvalue weighted by Gasteiger charge is -2.22. The minimum Gasteiger partial charge on any atom is -0.494 e. The highest BCUT2D eigenvalue weighted by Gasteiger charge is 2.43. The number of nitro groups is 1. The fourth-order valence-corrected chi connectivity index (χ4v) is 3.79. The van der Waals surface area contributed by atoms with Crippen LogP contribution in [0.15, 0.2) is 42.7 Å². The summed E-state index contributed by atoms with van der Waals surface area (Å²) in [5.41, 5.74) is 1.37. The van der Waals surface area contributed by atoms with Gasteiger partial charge < -0.3 is 30.3 Å². The van der Waals surface area contributed by atoms with Gasteiger partial charge in [-0.15, -0.1) is 0 Å². The molecular formula is C24H30N8O4. The molecule has 1 aliphatic rings. The van der Waals surface area contributed by atoms with Crippen molar-refractivity contribution in [2.45, 2.75) is 18.4 Å². The highest BCUT2D eigenvalue weighted by atomic mass is 16.6. The van der Waals surface area contributed by atoms with Crippen molar-refractivity contribution in [2.75, 3.05) is 56.9 Å². The van der Waals surface area contributed by atoms with E-state index in [9.17, 15) is 15.2 Å². The Kier molecular flexibility index (Phi) is 7.17. The minimum atomic E-state index is -0.828. The number of rotatable bonds is 11. The van der Waals surface area contributed by atoms with Gasteiger partial charge in [0.05, 0.1) is 23.3 Å². The predicted molar refractivity (Wildman–Crippen MR) is 137 cm³/mol. The van der Waals surface area contributed by atoms with E-state index < -0.39 is 10.5 Å². The van der Waals surface area contributed by atoms with E-state index in [-0.39, 0.29) is 17.6 Å². The average Bonchev–Trinajstić information content (AvgIpc) is 3.61. The summed E-state index contributed by atoms with van der Waals surface area (Å²) in [4.78, 5) is 28.0. The first-order valence-electron chi connectivity index (χ1n) is 11.5. The van der Waals surface area contributed by atoms with Crippen LogP contribution in [-0.4, -0.2) is 71.2 Å². The van der Waals surface area contributed by atoms with Crippen molar-refractivity contribution < 1.29 is 14.8 Å². The smallest absolute Gasteiger partial charge is 0.294 e. The maximum Gasteiger partial charge on any atom is 0.294 e. The number of hydrogen-bond donors (Lipinski definition) is 3. The molecule has 0 unspecified atom stereocenters. The summed E-state index contributed by atoms with van der Waals surface area (Å²) in [6.07, 6.45) is 2.74. The van der Waals surface area contributed by atoms with Crippen molar-refractivity contribution in [1.82, 2.24) is 19.9 Å². The van der Waals surface area contributed by atoms with Gasteiger partial charge in [0.25, 0.3) is 5.69 Å². The van der Waals surface area contributed by atoms with Crippen molar-refractivity contribution in [2.24, 2.45) is 0 Å². The number of aromatic nitrogens is 3. The van der Waals surface area contributed by atoms with Crippen LogP contribution >= 0.6 is 0 Å². The van der Waals surface area contributed by atoms with Crippen LogP contribution in [0.3, 0.4) is 0 Å². The Bertz CT molecular complexity index is 1250. The Balaban J connectivity index is 1.60. The standard InChI is InChI=1S/C24H30N8O4/c1-30(2)11-12-31(3)19-14-21(36-4)18(13-20(19)32(34)35)28-23-26-15-25-22(29-23)27-17-8-6-5-7-16(17)24(33)9-10-24/h5-8,13-15,33H,9-12H2,1-4H3,(H2,25,26,27,28,29). The van der Waals surface area contributed by atoms with Gasteiger partial charge in [-0.25, -0.2) is 9.97 Å². The molecule has 0 amide bonds. The lowest BCUT2D eigenvalue weighted by atomic mass is 10.1. The summed E-state index contributed by atoms with van der Waals surface area (Å²) in [5, 5.41) is 28.6. The first-order chi connectivity index (χ1) is 17.2. The second-order valence-electron chi connectivity index (χ2n) is 8.98. The summed E-state index contributed by atoms with van der Waals surface area (Å²) in [6, 6.07) is 10.5. The Labute approximate surface area is 209 Å². The van der Waals surface area contributed by atoms with E-state index in [1.54, 1.807) is 13.1 Å². The number of nitrogens with one attached hydrogen (secondary N) is 2. The summed E-state index contributed by atoms with van der Waals surface area (Å²) >= 11 is 0. The maximum absolute atomic E-state index is 11.9. The van der Waals surface area contributed by atoms with Gasteiger partial charge in [-0.2, -0.15) is 4.98 Å². The first kappa shape index (κ1) is 25.1. The zero-order valence-electron chi connectivity index (χ0n) is 20.7. The molecule has 36 heavy (non-hydrogen) atoms. The quantitative estimate of drug-likeness (QED) is 0.267. The van der Waals surface area contributed by atoms with Gasteiger partial charge in [-0.3, -0.25) is 10.1 Å². The van der Waals surface area contributed by atoms with E-state index in [1.165, 1.54) is 19.5 Å². The average molecular weight is 495 g/mol. The number of nitro benzene ring substituents is 1. The summed E-state index contributed by atoms with van der Waals surface area (Å²) in [5.74, 6) is 0.845. The molecule has 12 nitrogen and oxygen atoms in total. The number of para-hydroxylation sites is 1. The summed E-state index contributed by atoms with van der Waals surface area (Å²) < 4.78 is 5.52. The highest BCUT2D eigenvalue weighted by molar-refractivity contribution is 5.76. The molecule has 0 radical (unpaired) electrons. The van der Waals surface area contributed by atoms with Crippen LogP contribution in [0.2, 0.25) is 0 Å². The van der Waals surface area contributed by atoms with Crippen molar-refractivity contribution in [1.29, 1.82) is 0 Å². The molecule has 1 aliphatic carbocycles. The molecule has 4 rings (SSSR count). The Morgan fingerprint density at radius 1 is 1.08 bits per heavy atom. The lowest BCUT2D eigenvalue weighted by molar-refractivity contribution is -0.384. The van der Waals surface area contributed by atoms with Crippen LogP contribution in [0.1, 0.15) is 18.4 Å². The van der Waals surface area contributed by atoms with E-state index >= 15 is 0 Å². The summed E-state index contributed by atoms with van der Waals surface area (Å²) in [6.45, 7) is 1.33. The minimum absolute atomic E-state index is 0.0708. The van der Waals surface area contributed by atoms with E-state index in [0.29, 0.717) is 42.2 Å². The van der Waals surface area contributed by atoms with Gasteiger partial charge in [0, 0.05) is 43.5 Å². The van der Waals surface area contributed by atoms with Gasteiger partial charge in [0.15, 0.2) is 0 Å². The third-order valence-corrected chi connectivity index (χ3v) is 6.00. The van der Waals surface area contributed by atoms with E-state index in [2.05, 4.69) is 25.6 Å². The fraction of sp³-hybridized carbons (Fsp3) is 0.375. The van der Waals surface area contributed by atoms with Gasteiger partial charge in [0.1, 0.15) is 17.8 Å². The Morgan fingerprint density at radius 3 is 2.36 bits per heavy atom. The third kappa shape index (κ3) is 5.61. The monoisotopic (exact) mass is 494 g/mol. The van der Waals surface area contributed by atoms with Crippen LogP contribution in [0.25, 0.3) is 0 Å². The van der Waals surface area contributed by atoms with Gasteiger partial charge >= 0.3 is 0 Å². The zero-order valence-corrected chi connectivity index (χ0v) is 20.7. The molecule has 0 atom stereocenters. The number of anilines is 5. The molecule has 0 saturated heterocycles. The van der Waals surface area contributed by atoms with Crippen molar-refractivity contribution in [3.05, 3.63) is 58.4 Å². The van der Waals surface area contributed by atoms with E-state index in [1.807, 2.05) is 48.2 Å². The van der Waals surface area contributed by atoms with Gasteiger partial charge in [0.2, 0.25) is 11.9 Å². The number of aliphatic hydroxyl groups is 1. The molecule has 1 fully saturated rings. The number of benzene rings is 2. The van der Waals surface area contributed by atoms with Crippen LogP contribution in [-0.2, 0) is 5.60 Å². The van der Waals surface area contributed by atoms with Crippen LogP contribution in [0.5, 0.6) is 5.75 Å². The summed E-state index contributed by atoms with van der Waals surface area (Å²) in [7, 11) is 7.19. The lowest BCUT2D eigenvalue weighted by Crippen LogP contribution is -2.28. The molecule has 1 heterocycles. The Morgan fingerprint density at radius 2 is 1.75 bits per heavy atom. The maximum atomic E-state index is 11.9. The molecule has 0 bridgehead atoms. The molecule has 2 aromatic carbocycles. The third-order valence-electron chi connectivity index (χ3n) is 6.00. The van der Waals surface area contributed by atoms with Crippen molar-refractivity contribution in [3.63, 3.8) is 0 Å². The molecule has 1 saturated carbocycles. The van der Waals surface area contributed by atoms with E-state index in [0.717, 1.165) is 12.1 Å². The number of ether oxygens (including phenoxy) is 1. The van der Waals surface area contributed by atoms with Gasteiger partial charge in [-0.1, -0.05) is 18.2 Å². The number of nitrogens with zero attached hydrogens (tertiary/aromatic N) is 6. The number of hydrogen-bond acceptors (Lipinski definition) is 11. The van der Waals surface area contributed by atoms with Crippen LogP contribution < -0.4 is 20.3 Å². The van der Waals surface area contributed by atoms with Crippen molar-refractivity contribution >= 4 is 34.6 Å². The molecule has 1 aromatic heterocycles. The molecule has 3 N–H and O–H groups in total. The van der Waals surface area contributed by atoms with Crippen LogP contribution in [0, 0.1) is 10.1 Å². The molecular weight excluding hydrogens is 464 g/mol. The topological polar surface area (TPSA) is 142 Å².